The van der Waals surface area contributed by atoms with Crippen molar-refractivity contribution < 1.29 is 4.74 Å². The van der Waals surface area contributed by atoms with E-state index >= 15 is 0 Å². The van der Waals surface area contributed by atoms with Crippen LogP contribution in [0.5, 0.6) is 0 Å². The van der Waals surface area contributed by atoms with Crippen molar-refractivity contribution in [1.82, 2.24) is 15.1 Å². The van der Waals surface area contributed by atoms with E-state index in [9.17, 15) is 0 Å². The quantitative estimate of drug-likeness (QED) is 0.703. The maximum absolute atomic E-state index is 4.96. The first kappa shape index (κ1) is 10.2. The molecule has 0 aromatic carbocycles. The van der Waals surface area contributed by atoms with Crippen LogP contribution in [0.3, 0.4) is 0 Å². The van der Waals surface area contributed by atoms with Crippen LogP contribution < -0.4 is 5.32 Å². The maximum Gasteiger partial charge on any atom is 0.0762 e. The van der Waals surface area contributed by atoms with Crippen LogP contribution in [-0.4, -0.2) is 30.0 Å². The van der Waals surface area contributed by atoms with Crippen molar-refractivity contribution in [3.8, 4) is 0 Å². The molecule has 1 rings (SSSR count). The van der Waals surface area contributed by atoms with Gasteiger partial charge >= 0.3 is 0 Å². The molecule has 1 N–H and O–H groups in total. The highest BCUT2D eigenvalue weighted by atomic mass is 16.5. The summed E-state index contributed by atoms with van der Waals surface area (Å²) in [5.74, 6) is 0. The first-order chi connectivity index (χ1) is 6.36. The van der Waals surface area contributed by atoms with E-state index in [4.69, 9.17) is 4.74 Å². The van der Waals surface area contributed by atoms with Gasteiger partial charge in [0, 0.05) is 19.9 Å². The number of nitrogens with zero attached hydrogens (tertiary/aromatic N) is 2. The highest BCUT2D eigenvalue weighted by Crippen LogP contribution is 1.94. The van der Waals surface area contributed by atoms with Crippen LogP contribution in [-0.2, 0) is 17.8 Å². The molecule has 0 bridgehead atoms. The van der Waals surface area contributed by atoms with Crippen molar-refractivity contribution in [2.24, 2.45) is 0 Å². The molecule has 13 heavy (non-hydrogen) atoms. The number of ether oxygens (including phenoxy) is 1. The lowest BCUT2D eigenvalue weighted by atomic mass is 10.4. The van der Waals surface area contributed by atoms with Crippen molar-refractivity contribution in [2.45, 2.75) is 20.0 Å². The van der Waals surface area contributed by atoms with Crippen LogP contribution in [0.15, 0.2) is 12.3 Å². The normalized spacial score (nSPS) is 10.6. The Morgan fingerprint density at radius 2 is 2.46 bits per heavy atom. The Labute approximate surface area is 78.9 Å². The van der Waals surface area contributed by atoms with Gasteiger partial charge < -0.3 is 10.1 Å². The zero-order valence-corrected chi connectivity index (χ0v) is 8.29. The Balaban J connectivity index is 2.34. The van der Waals surface area contributed by atoms with Gasteiger partial charge in [0.25, 0.3) is 0 Å². The van der Waals surface area contributed by atoms with Crippen molar-refractivity contribution in [1.29, 1.82) is 0 Å². The lowest BCUT2D eigenvalue weighted by molar-refractivity contribution is 0.183. The summed E-state index contributed by atoms with van der Waals surface area (Å²) in [5.41, 5.74) is 1.08. The van der Waals surface area contributed by atoms with Gasteiger partial charge in [-0.15, -0.1) is 0 Å². The molecule has 1 heterocycles. The molecule has 1 aromatic rings. The van der Waals surface area contributed by atoms with Gasteiger partial charge in [-0.1, -0.05) is 6.92 Å². The number of rotatable bonds is 6. The minimum Gasteiger partial charge on any atom is -0.383 e. The fraction of sp³-hybridized carbons (Fsp3) is 0.667. The lowest BCUT2D eigenvalue weighted by Gasteiger charge is -1.99. The van der Waals surface area contributed by atoms with Crippen molar-refractivity contribution in [3.05, 3.63) is 18.0 Å². The highest BCUT2D eigenvalue weighted by Gasteiger charge is 1.96. The Hall–Kier alpha value is -0.870. The first-order valence-electron chi connectivity index (χ1n) is 4.58. The van der Waals surface area contributed by atoms with Gasteiger partial charge in [0.2, 0.25) is 0 Å². The average Bonchev–Trinajstić information content (AvgIpc) is 2.59. The molecular weight excluding hydrogens is 166 g/mol. The molecule has 0 amide bonds. The number of hydrogen-bond donors (Lipinski definition) is 1. The molecular formula is C9H17N3O. The smallest absolute Gasteiger partial charge is 0.0762 e. The van der Waals surface area contributed by atoms with E-state index in [0.717, 1.165) is 25.3 Å². The van der Waals surface area contributed by atoms with Gasteiger partial charge in [0.05, 0.1) is 18.8 Å². The standard InChI is InChI=1S/C9H17N3O/c1-3-10-8-9-4-5-12(11-9)6-7-13-2/h4-5,10H,3,6-8H2,1-2H3. The maximum atomic E-state index is 4.96. The SMILES string of the molecule is CCNCc1ccn(CCOC)n1. The number of methoxy groups -OCH3 is 1. The van der Waals surface area contributed by atoms with Gasteiger partial charge in [0.15, 0.2) is 0 Å². The third kappa shape index (κ3) is 3.57. The van der Waals surface area contributed by atoms with E-state index in [2.05, 4.69) is 17.3 Å². The van der Waals surface area contributed by atoms with Crippen LogP contribution in [0.25, 0.3) is 0 Å². The summed E-state index contributed by atoms with van der Waals surface area (Å²) >= 11 is 0. The topological polar surface area (TPSA) is 39.1 Å². The molecule has 0 aliphatic heterocycles. The first-order valence-corrected chi connectivity index (χ1v) is 4.58. The molecule has 0 saturated heterocycles. The largest absolute Gasteiger partial charge is 0.383 e. The molecule has 0 fully saturated rings. The second kappa shape index (κ2) is 5.72. The van der Waals surface area contributed by atoms with Gasteiger partial charge in [-0.3, -0.25) is 4.68 Å². The van der Waals surface area contributed by atoms with Crippen LogP contribution in [0.1, 0.15) is 12.6 Å². The van der Waals surface area contributed by atoms with Crippen molar-refractivity contribution in [2.75, 3.05) is 20.3 Å². The minimum absolute atomic E-state index is 0.711. The van der Waals surface area contributed by atoms with Crippen LogP contribution in [0, 0.1) is 0 Å². The third-order valence-corrected chi connectivity index (χ3v) is 1.78. The summed E-state index contributed by atoms with van der Waals surface area (Å²) in [6, 6.07) is 2.03. The molecule has 0 unspecified atom stereocenters. The third-order valence-electron chi connectivity index (χ3n) is 1.78. The molecule has 1 aromatic heterocycles. The monoisotopic (exact) mass is 183 g/mol. The summed E-state index contributed by atoms with van der Waals surface area (Å²) in [7, 11) is 1.70. The van der Waals surface area contributed by atoms with Gasteiger partial charge in [-0.05, 0) is 12.6 Å². The number of hydrogen-bond acceptors (Lipinski definition) is 3. The second-order valence-corrected chi connectivity index (χ2v) is 2.84. The van der Waals surface area contributed by atoms with E-state index in [1.807, 2.05) is 16.9 Å². The molecule has 0 aliphatic carbocycles. The summed E-state index contributed by atoms with van der Waals surface area (Å²) in [5, 5.41) is 7.59. The summed E-state index contributed by atoms with van der Waals surface area (Å²) in [6.45, 7) is 5.44. The van der Waals surface area contributed by atoms with Gasteiger partial charge in [-0.25, -0.2) is 0 Å². The molecule has 4 heteroatoms. The molecule has 0 saturated carbocycles. The Bertz CT molecular complexity index is 212. The van der Waals surface area contributed by atoms with Crippen molar-refractivity contribution >= 4 is 0 Å². The average molecular weight is 183 g/mol. The zero-order chi connectivity index (χ0) is 9.52. The van der Waals surface area contributed by atoms with Crippen LogP contribution in [0.2, 0.25) is 0 Å². The van der Waals surface area contributed by atoms with E-state index in [1.165, 1.54) is 0 Å². The molecule has 0 atom stereocenters. The predicted molar refractivity (Wildman–Crippen MR) is 51.5 cm³/mol. The molecule has 0 aliphatic rings. The Morgan fingerprint density at radius 1 is 1.62 bits per heavy atom. The molecule has 0 radical (unpaired) electrons. The number of aromatic nitrogens is 2. The van der Waals surface area contributed by atoms with E-state index in [-0.39, 0.29) is 0 Å². The van der Waals surface area contributed by atoms with E-state index < -0.39 is 0 Å². The zero-order valence-electron chi connectivity index (χ0n) is 8.29. The van der Waals surface area contributed by atoms with Crippen LogP contribution >= 0.6 is 0 Å². The summed E-state index contributed by atoms with van der Waals surface area (Å²) in [4.78, 5) is 0. The van der Waals surface area contributed by atoms with Gasteiger partial charge in [0.1, 0.15) is 0 Å². The molecule has 4 nitrogen and oxygen atoms in total. The molecule has 74 valence electrons. The summed E-state index contributed by atoms with van der Waals surface area (Å²) < 4.78 is 6.86. The Kier molecular flexibility index (Phi) is 4.49. The van der Waals surface area contributed by atoms with E-state index in [1.54, 1.807) is 7.11 Å². The predicted octanol–water partition coefficient (Wildman–Crippen LogP) is 0.639. The van der Waals surface area contributed by atoms with Crippen LogP contribution in [0.4, 0.5) is 0 Å². The Morgan fingerprint density at radius 3 is 3.15 bits per heavy atom. The fourth-order valence-electron chi connectivity index (χ4n) is 1.06. The molecule has 0 spiro atoms. The highest BCUT2D eigenvalue weighted by molar-refractivity contribution is 4.98. The number of nitrogens with one attached hydrogen (secondary N) is 1. The van der Waals surface area contributed by atoms with Crippen molar-refractivity contribution in [3.63, 3.8) is 0 Å². The second-order valence-electron chi connectivity index (χ2n) is 2.84. The summed E-state index contributed by atoms with van der Waals surface area (Å²) in [6.07, 6.45) is 1.98. The minimum atomic E-state index is 0.711. The lowest BCUT2D eigenvalue weighted by Crippen LogP contribution is -2.13. The van der Waals surface area contributed by atoms with Gasteiger partial charge in [-0.2, -0.15) is 5.10 Å². The van der Waals surface area contributed by atoms with E-state index in [0.29, 0.717) is 6.61 Å². The fourth-order valence-corrected chi connectivity index (χ4v) is 1.06.